The Bertz CT molecular complexity index is 282. The zero-order chi connectivity index (χ0) is 10.4. The lowest BCUT2D eigenvalue weighted by Gasteiger charge is -2.15. The summed E-state index contributed by atoms with van der Waals surface area (Å²) in [6.45, 7) is 4.42. The van der Waals surface area contributed by atoms with Crippen LogP contribution in [0.2, 0.25) is 0 Å². The van der Waals surface area contributed by atoms with Crippen molar-refractivity contribution in [2.45, 2.75) is 26.2 Å². The molecule has 0 fully saturated rings. The highest BCUT2D eigenvalue weighted by molar-refractivity contribution is 5.72. The third-order valence-electron chi connectivity index (χ3n) is 2.36. The highest BCUT2D eigenvalue weighted by Crippen LogP contribution is 2.17. The first-order valence-electron chi connectivity index (χ1n) is 5.03. The summed E-state index contributed by atoms with van der Waals surface area (Å²) in [6, 6.07) is 10.3. The third kappa shape index (κ3) is 3.21. The molecule has 1 rings (SSSR count). The second-order valence-electron chi connectivity index (χ2n) is 3.45. The largest absolute Gasteiger partial charge is 0.356 e. The maximum Gasteiger partial charge on any atom is 0.216 e. The molecule has 1 unspecified atom stereocenters. The lowest BCUT2D eigenvalue weighted by Crippen LogP contribution is -2.25. The molecule has 0 aromatic heterocycles. The number of hydrogen-bond acceptors (Lipinski definition) is 1. The van der Waals surface area contributed by atoms with E-state index in [0.717, 1.165) is 13.0 Å². The zero-order valence-electron chi connectivity index (χ0n) is 8.79. The van der Waals surface area contributed by atoms with Gasteiger partial charge < -0.3 is 5.32 Å². The summed E-state index contributed by atoms with van der Waals surface area (Å²) in [4.78, 5) is 10.8. The molecule has 0 saturated heterocycles. The van der Waals surface area contributed by atoms with Crippen LogP contribution in [-0.4, -0.2) is 12.5 Å². The number of amides is 1. The summed E-state index contributed by atoms with van der Waals surface area (Å²) in [5, 5.41) is 2.86. The van der Waals surface area contributed by atoms with Crippen molar-refractivity contribution in [3.05, 3.63) is 35.9 Å². The van der Waals surface area contributed by atoms with E-state index in [1.165, 1.54) is 5.56 Å². The van der Waals surface area contributed by atoms with Gasteiger partial charge >= 0.3 is 0 Å². The molecule has 0 aliphatic carbocycles. The first kappa shape index (κ1) is 10.8. The van der Waals surface area contributed by atoms with E-state index in [1.54, 1.807) is 6.92 Å². The number of hydrogen-bond donors (Lipinski definition) is 1. The minimum Gasteiger partial charge on any atom is -0.356 e. The van der Waals surface area contributed by atoms with Gasteiger partial charge in [-0.1, -0.05) is 37.3 Å². The van der Waals surface area contributed by atoms with Crippen LogP contribution in [0.5, 0.6) is 0 Å². The lowest BCUT2D eigenvalue weighted by atomic mass is 9.96. The Balaban J connectivity index is 2.58. The molecule has 0 radical (unpaired) electrons. The molecule has 2 heteroatoms. The van der Waals surface area contributed by atoms with E-state index in [4.69, 9.17) is 0 Å². The number of carbonyl (C=O) groups is 1. The van der Waals surface area contributed by atoms with Gasteiger partial charge in [-0.05, 0) is 12.0 Å². The van der Waals surface area contributed by atoms with Crippen LogP contribution in [0.25, 0.3) is 0 Å². The van der Waals surface area contributed by atoms with Gasteiger partial charge in [0.05, 0.1) is 0 Å². The van der Waals surface area contributed by atoms with Gasteiger partial charge in [0.2, 0.25) is 5.91 Å². The Morgan fingerprint density at radius 3 is 2.50 bits per heavy atom. The van der Waals surface area contributed by atoms with Gasteiger partial charge in [-0.15, -0.1) is 0 Å². The first-order chi connectivity index (χ1) is 6.74. The van der Waals surface area contributed by atoms with Gasteiger partial charge in [0.15, 0.2) is 0 Å². The summed E-state index contributed by atoms with van der Waals surface area (Å²) in [5.41, 5.74) is 1.30. The Hall–Kier alpha value is -1.31. The van der Waals surface area contributed by atoms with Crippen LogP contribution in [0.15, 0.2) is 30.3 Å². The van der Waals surface area contributed by atoms with E-state index in [9.17, 15) is 4.79 Å². The van der Waals surface area contributed by atoms with Crippen LogP contribution in [0.4, 0.5) is 0 Å². The number of rotatable bonds is 4. The Morgan fingerprint density at radius 2 is 2.00 bits per heavy atom. The molecule has 2 nitrogen and oxygen atoms in total. The second-order valence-corrected chi connectivity index (χ2v) is 3.45. The van der Waals surface area contributed by atoms with Crippen molar-refractivity contribution in [1.82, 2.24) is 5.32 Å². The molecular formula is C12H17NO. The number of nitrogens with one attached hydrogen (secondary N) is 1. The SMILES string of the molecule is CCC(CNC(C)=O)c1ccccc1. The molecule has 1 N–H and O–H groups in total. The minimum absolute atomic E-state index is 0.0411. The van der Waals surface area contributed by atoms with E-state index in [-0.39, 0.29) is 5.91 Å². The van der Waals surface area contributed by atoms with Gasteiger partial charge in [0.25, 0.3) is 0 Å². The molecule has 14 heavy (non-hydrogen) atoms. The first-order valence-corrected chi connectivity index (χ1v) is 5.03. The van der Waals surface area contributed by atoms with Crippen molar-refractivity contribution in [2.24, 2.45) is 0 Å². The van der Waals surface area contributed by atoms with E-state index < -0.39 is 0 Å². The van der Waals surface area contributed by atoms with Gasteiger partial charge in [-0.2, -0.15) is 0 Å². The molecule has 1 aromatic carbocycles. The van der Waals surface area contributed by atoms with Crippen molar-refractivity contribution in [1.29, 1.82) is 0 Å². The van der Waals surface area contributed by atoms with E-state index in [2.05, 4.69) is 24.4 Å². The third-order valence-corrected chi connectivity index (χ3v) is 2.36. The summed E-state index contributed by atoms with van der Waals surface area (Å²) in [6.07, 6.45) is 1.05. The molecule has 76 valence electrons. The molecule has 0 bridgehead atoms. The van der Waals surface area contributed by atoms with Crippen LogP contribution in [0.1, 0.15) is 31.7 Å². The lowest BCUT2D eigenvalue weighted by molar-refractivity contribution is -0.119. The van der Waals surface area contributed by atoms with Gasteiger partial charge in [-0.3, -0.25) is 4.79 Å². The van der Waals surface area contributed by atoms with E-state index in [1.807, 2.05) is 18.2 Å². The fraction of sp³-hybridized carbons (Fsp3) is 0.417. The van der Waals surface area contributed by atoms with Crippen LogP contribution >= 0.6 is 0 Å². The standard InChI is InChI=1S/C12H17NO/c1-3-11(9-13-10(2)14)12-7-5-4-6-8-12/h4-8,11H,3,9H2,1-2H3,(H,13,14). The molecule has 0 aliphatic heterocycles. The fourth-order valence-electron chi connectivity index (χ4n) is 1.49. The summed E-state index contributed by atoms with van der Waals surface area (Å²) in [5.74, 6) is 0.472. The number of benzene rings is 1. The van der Waals surface area contributed by atoms with Crippen LogP contribution in [-0.2, 0) is 4.79 Å². The van der Waals surface area contributed by atoms with Gasteiger partial charge in [0.1, 0.15) is 0 Å². The highest BCUT2D eigenvalue weighted by atomic mass is 16.1. The van der Waals surface area contributed by atoms with Crippen molar-refractivity contribution in [2.75, 3.05) is 6.54 Å². The monoisotopic (exact) mass is 191 g/mol. The Labute approximate surface area is 85.3 Å². The quantitative estimate of drug-likeness (QED) is 0.777. The number of carbonyl (C=O) groups excluding carboxylic acids is 1. The summed E-state index contributed by atoms with van der Waals surface area (Å²) >= 11 is 0. The fourth-order valence-corrected chi connectivity index (χ4v) is 1.49. The molecule has 0 saturated carbocycles. The van der Waals surface area contributed by atoms with Crippen LogP contribution in [0, 0.1) is 0 Å². The maximum atomic E-state index is 10.8. The van der Waals surface area contributed by atoms with Crippen molar-refractivity contribution in [3.63, 3.8) is 0 Å². The van der Waals surface area contributed by atoms with Crippen molar-refractivity contribution < 1.29 is 4.79 Å². The van der Waals surface area contributed by atoms with Gasteiger partial charge in [-0.25, -0.2) is 0 Å². The molecule has 1 atom stereocenters. The molecule has 1 amide bonds. The molecule has 0 heterocycles. The Morgan fingerprint density at radius 1 is 1.36 bits per heavy atom. The predicted octanol–water partition coefficient (Wildman–Crippen LogP) is 2.32. The predicted molar refractivity (Wildman–Crippen MR) is 58.2 cm³/mol. The molecule has 0 aliphatic rings. The second kappa shape index (κ2) is 5.43. The summed E-state index contributed by atoms with van der Waals surface area (Å²) < 4.78 is 0. The Kier molecular flexibility index (Phi) is 4.17. The van der Waals surface area contributed by atoms with E-state index in [0.29, 0.717) is 5.92 Å². The van der Waals surface area contributed by atoms with E-state index >= 15 is 0 Å². The maximum absolute atomic E-state index is 10.8. The topological polar surface area (TPSA) is 29.1 Å². The van der Waals surface area contributed by atoms with Gasteiger partial charge in [0, 0.05) is 19.4 Å². The summed E-state index contributed by atoms with van der Waals surface area (Å²) in [7, 11) is 0. The molecular weight excluding hydrogens is 174 g/mol. The average molecular weight is 191 g/mol. The van der Waals surface area contributed by atoms with Crippen LogP contribution < -0.4 is 5.32 Å². The highest BCUT2D eigenvalue weighted by Gasteiger charge is 2.08. The minimum atomic E-state index is 0.0411. The zero-order valence-corrected chi connectivity index (χ0v) is 8.79. The molecule has 0 spiro atoms. The van der Waals surface area contributed by atoms with Crippen LogP contribution in [0.3, 0.4) is 0 Å². The normalized spacial score (nSPS) is 12.1. The average Bonchev–Trinajstić information content (AvgIpc) is 2.20. The smallest absolute Gasteiger partial charge is 0.216 e. The van der Waals surface area contributed by atoms with Crippen molar-refractivity contribution >= 4 is 5.91 Å². The van der Waals surface area contributed by atoms with Crippen molar-refractivity contribution in [3.8, 4) is 0 Å². The molecule has 1 aromatic rings.